The fourth-order valence-electron chi connectivity index (χ4n) is 13.6. The second kappa shape index (κ2) is 39.7. The molecule has 630 valence electrons. The van der Waals surface area contributed by atoms with Crippen molar-refractivity contribution in [3.63, 3.8) is 0 Å². The average molecular weight is 1580 g/mol. The summed E-state index contributed by atoms with van der Waals surface area (Å²) in [5.41, 5.74) is 30.8. The quantitative estimate of drug-likeness (QED) is 0.0439. The number of amides is 1. The van der Waals surface area contributed by atoms with Gasteiger partial charge >= 0.3 is 0 Å². The van der Waals surface area contributed by atoms with Gasteiger partial charge in [0.05, 0.1) is 24.2 Å². The predicted octanol–water partition coefficient (Wildman–Crippen LogP) is 22.2. The normalized spacial score (nSPS) is 14.6. The van der Waals surface area contributed by atoms with Crippen LogP contribution in [-0.4, -0.2) is 74.8 Å². The zero-order valence-electron chi connectivity index (χ0n) is 76.8. The van der Waals surface area contributed by atoms with Gasteiger partial charge in [-0.05, 0) is 246 Å². The van der Waals surface area contributed by atoms with Crippen molar-refractivity contribution in [2.45, 2.75) is 293 Å². The number of H-pyrrole nitrogens is 1. The number of anilines is 2. The minimum Gasteiger partial charge on any atom is -0.508 e. The molecule has 0 radical (unpaired) electrons. The summed E-state index contributed by atoms with van der Waals surface area (Å²) in [5, 5.41) is 31.1. The molecular weight excluding hydrogens is 1430 g/mol. The second-order valence-electron chi connectivity index (χ2n) is 42.0. The predicted molar refractivity (Wildman–Crippen MR) is 497 cm³/mol. The van der Waals surface area contributed by atoms with Crippen LogP contribution >= 0.6 is 0 Å². The molecule has 0 saturated carbocycles. The topological polar surface area (TPSA) is 198 Å². The Bertz CT molecular complexity index is 4390. The van der Waals surface area contributed by atoms with E-state index < -0.39 is 0 Å². The van der Waals surface area contributed by atoms with Crippen LogP contribution in [0.25, 0.3) is 0 Å². The summed E-state index contributed by atoms with van der Waals surface area (Å²) in [4.78, 5) is 30.1. The third-order valence-corrected chi connectivity index (χ3v) is 20.0. The van der Waals surface area contributed by atoms with E-state index in [2.05, 4.69) is 390 Å². The van der Waals surface area contributed by atoms with Gasteiger partial charge in [-0.25, -0.2) is 0 Å². The highest BCUT2D eigenvalue weighted by molar-refractivity contribution is 5.83. The number of nitrogen functional groups attached to an aromatic ring is 2. The summed E-state index contributed by atoms with van der Waals surface area (Å²) in [6.07, 6.45) is 1.67. The molecule has 9 aromatic rings. The van der Waals surface area contributed by atoms with Crippen molar-refractivity contribution in [2.75, 3.05) is 37.6 Å². The van der Waals surface area contributed by atoms with Crippen LogP contribution in [0, 0.1) is 0 Å². The lowest BCUT2D eigenvalue weighted by Gasteiger charge is -2.35. The number of piperazine rings is 1. The molecule has 0 aliphatic carbocycles. The number of pyridine rings is 1. The molecule has 13 heteroatoms. The maximum atomic E-state index is 13.1. The number of hydrogen-bond donors (Lipinski definition) is 10. The number of hydrogen-bond acceptors (Lipinski definition) is 11. The zero-order valence-corrected chi connectivity index (χ0v) is 76.8. The van der Waals surface area contributed by atoms with Gasteiger partial charge in [-0.15, -0.1) is 0 Å². The van der Waals surface area contributed by atoms with E-state index in [0.29, 0.717) is 5.75 Å². The largest absolute Gasteiger partial charge is 0.508 e. The monoisotopic (exact) mass is 1580 g/mol. The smallest absolute Gasteiger partial charge is 0.253 e. The number of nitrogens with one attached hydrogen (secondary N) is 7. The van der Waals surface area contributed by atoms with E-state index in [4.69, 9.17) is 11.5 Å². The van der Waals surface area contributed by atoms with Crippen molar-refractivity contribution in [1.82, 2.24) is 41.8 Å². The molecular formula is C103H150N10O3. The Morgan fingerprint density at radius 2 is 0.621 bits per heavy atom. The van der Waals surface area contributed by atoms with Crippen LogP contribution in [0.2, 0.25) is 0 Å². The average Bonchev–Trinajstić information content (AvgIpc) is 0.780. The molecule has 1 aromatic heterocycles. The fourth-order valence-corrected chi connectivity index (χ4v) is 13.6. The molecule has 1 aliphatic heterocycles. The van der Waals surface area contributed by atoms with Crippen LogP contribution in [0.15, 0.2) is 217 Å². The van der Waals surface area contributed by atoms with Gasteiger partial charge in [0, 0.05) is 77.0 Å². The lowest BCUT2D eigenvalue weighted by Crippen LogP contribution is -2.52. The van der Waals surface area contributed by atoms with Crippen LogP contribution in [-0.2, 0) is 31.9 Å². The molecule has 12 N–H and O–H groups in total. The molecule has 1 saturated heterocycles. The standard InChI is InChI=1S/2C21H30N2.C21H29NO.C20H33N3O.C20H28N2O/c1-20(2,3)17-11-7-15(8-12-17)19(23-21(4,5)6)16-9-13-18(22)14-10-16;1-20(2,3)17-12-10-15(11-13-17)19(23-21(4,5)6)16-8-7-9-18(22)14-16;1-20(2,3)17-11-7-15(8-12-17)19(22-21(4,5)6)16-9-13-18(23)14-10-16;1-19(2,3)16-9-7-15(8-10-16)17(22-20(4,5)6)18(24)23-13-11-21-12-14-23;1-19(2,3)15-11-9-14(10-12-15)17(22-20(4,5)6)16-8-7-13-21-18(16)23/h2*7-14,19,23H,22H2,1-6H3;7-14,19,22-23H,1-6H3;7-10,17,21-22H,11-14H2,1-6H3;7-13,17,22H,1-6H3,(H,21,23)/t3*19-;2*17-/m11111/s1. The number of rotatable bonds is 15. The first-order valence-corrected chi connectivity index (χ1v) is 41.9. The van der Waals surface area contributed by atoms with Crippen molar-refractivity contribution in [3.05, 3.63) is 301 Å². The van der Waals surface area contributed by atoms with Crippen LogP contribution in [0.4, 0.5) is 11.4 Å². The summed E-state index contributed by atoms with van der Waals surface area (Å²) in [7, 11) is 0. The Morgan fingerprint density at radius 1 is 0.336 bits per heavy atom. The molecule has 1 fully saturated rings. The molecule has 0 spiro atoms. The van der Waals surface area contributed by atoms with E-state index in [1.54, 1.807) is 18.3 Å². The van der Waals surface area contributed by atoms with E-state index >= 15 is 0 Å². The van der Waals surface area contributed by atoms with Crippen molar-refractivity contribution >= 4 is 17.3 Å². The van der Waals surface area contributed by atoms with E-state index in [1.165, 1.54) is 55.6 Å². The van der Waals surface area contributed by atoms with Crippen LogP contribution in [0.1, 0.15) is 316 Å². The van der Waals surface area contributed by atoms with Gasteiger partial charge in [0.25, 0.3) is 5.56 Å². The van der Waals surface area contributed by atoms with Gasteiger partial charge in [0.1, 0.15) is 11.8 Å². The fraction of sp³-hybridized carbons (Fsp3) is 0.476. The highest BCUT2D eigenvalue weighted by atomic mass is 16.3. The molecule has 10 rings (SSSR count). The molecule has 1 amide bonds. The molecule has 2 heterocycles. The first-order chi connectivity index (χ1) is 53.3. The highest BCUT2D eigenvalue weighted by Crippen LogP contribution is 2.35. The molecule has 5 atom stereocenters. The number of carbonyl (C=O) groups excluding carboxylic acids is 1. The lowest BCUT2D eigenvalue weighted by molar-refractivity contribution is -0.134. The molecule has 13 nitrogen and oxygen atoms in total. The number of aromatic nitrogens is 1. The van der Waals surface area contributed by atoms with Gasteiger partial charge in [-0.1, -0.05) is 268 Å². The van der Waals surface area contributed by atoms with Crippen molar-refractivity contribution in [1.29, 1.82) is 0 Å². The highest BCUT2D eigenvalue weighted by Gasteiger charge is 2.32. The van der Waals surface area contributed by atoms with Gasteiger partial charge in [0.2, 0.25) is 5.91 Å². The minimum absolute atomic E-state index is 0.00868. The number of aromatic amines is 1. The van der Waals surface area contributed by atoms with E-state index in [0.717, 1.165) is 59.8 Å². The molecule has 116 heavy (non-hydrogen) atoms. The maximum absolute atomic E-state index is 13.1. The Hall–Kier alpha value is -8.66. The second-order valence-corrected chi connectivity index (χ2v) is 42.0. The van der Waals surface area contributed by atoms with E-state index in [1.807, 2.05) is 53.4 Å². The summed E-state index contributed by atoms with van der Waals surface area (Å²) in [6, 6.07) is 71.3. The molecule has 1 aliphatic rings. The summed E-state index contributed by atoms with van der Waals surface area (Å²) in [6.45, 7) is 69.0. The number of aromatic hydroxyl groups is 1. The number of phenols is 1. The zero-order chi connectivity index (χ0) is 87.0. The van der Waals surface area contributed by atoms with Gasteiger partial charge in [-0.3, -0.25) is 14.9 Å². The third kappa shape index (κ3) is 32.0. The van der Waals surface area contributed by atoms with E-state index in [9.17, 15) is 14.7 Å². The van der Waals surface area contributed by atoms with Crippen molar-refractivity contribution < 1.29 is 9.90 Å². The van der Waals surface area contributed by atoms with E-state index in [-0.39, 0.29) is 96.4 Å². The van der Waals surface area contributed by atoms with Crippen molar-refractivity contribution in [2.24, 2.45) is 0 Å². The number of phenolic OH excluding ortho intramolecular Hbond substituents is 1. The maximum Gasteiger partial charge on any atom is 0.253 e. The number of nitrogens with two attached hydrogens (primary N) is 2. The van der Waals surface area contributed by atoms with Crippen molar-refractivity contribution in [3.8, 4) is 5.75 Å². The third-order valence-electron chi connectivity index (χ3n) is 20.0. The number of carbonyl (C=O) groups is 1. The molecule has 0 unspecified atom stereocenters. The lowest BCUT2D eigenvalue weighted by atomic mass is 9.85. The summed E-state index contributed by atoms with van der Waals surface area (Å²) >= 11 is 0. The summed E-state index contributed by atoms with van der Waals surface area (Å²) < 4.78 is 0. The SMILES string of the molecule is CC(C)(C)N[C@@H](C(=O)N1CCNCC1)c1ccc(C(C)(C)C)cc1.CC(C)(C)N[C@@H](c1ccc(N)cc1)c1ccc(C(C)(C)C)cc1.CC(C)(C)N[C@@H](c1ccc(O)cc1)c1ccc(C(C)(C)C)cc1.CC(C)(C)N[C@H](c1ccc(C(C)(C)C)cc1)c1ccc[nH]c1=O.CC(C)(C)N[C@H](c1ccc(C(C)(C)C)cc1)c1cccc(N)c1. The molecule has 0 bridgehead atoms. The Kier molecular flexibility index (Phi) is 32.9. The van der Waals surface area contributed by atoms with Gasteiger partial charge in [-0.2, -0.15) is 0 Å². The summed E-state index contributed by atoms with van der Waals surface area (Å²) in [5.74, 6) is 0.473. The Labute approximate surface area is 701 Å². The first-order valence-electron chi connectivity index (χ1n) is 41.9. The number of benzene rings is 8. The first kappa shape index (κ1) is 96.2. The minimum atomic E-state index is -0.294. The van der Waals surface area contributed by atoms with Gasteiger partial charge in [0.15, 0.2) is 0 Å². The van der Waals surface area contributed by atoms with Crippen LogP contribution < -0.4 is 48.9 Å². The Morgan fingerprint density at radius 3 is 0.922 bits per heavy atom. The number of nitrogens with zero attached hydrogens (tertiary/aromatic N) is 1. The Balaban J connectivity index is 0.000000225. The van der Waals surface area contributed by atoms with Crippen LogP contribution in [0.3, 0.4) is 0 Å². The van der Waals surface area contributed by atoms with Crippen LogP contribution in [0.5, 0.6) is 5.75 Å². The van der Waals surface area contributed by atoms with Gasteiger partial charge < -0.3 is 53.0 Å². The molecule has 8 aromatic carbocycles.